The van der Waals surface area contributed by atoms with Crippen LogP contribution >= 0.6 is 0 Å². The molecule has 0 bridgehead atoms. The van der Waals surface area contributed by atoms with Crippen molar-refractivity contribution < 1.29 is 2.85 Å². The minimum atomic E-state index is -0.1000. The summed E-state index contributed by atoms with van der Waals surface area (Å²) in [5.41, 5.74) is 0. The normalized spacial score (nSPS) is 2.25. The van der Waals surface area contributed by atoms with Gasteiger partial charge in [-0.05, 0) is 0 Å². The fourth-order valence-corrected chi connectivity index (χ4v) is 0. The molecule has 0 aliphatic rings. The third-order valence-electron chi connectivity index (χ3n) is 0. The summed E-state index contributed by atoms with van der Waals surface area (Å²) in [7, 11) is 0. The Bertz CT molecular complexity index is 6.00. The van der Waals surface area contributed by atoms with Crippen LogP contribution in [-0.2, 0) is 2.85 Å². The van der Waals surface area contributed by atoms with Crippen LogP contribution in [-0.4, -0.2) is 24.4 Å². The Morgan fingerprint density at radius 2 is 1.25 bits per heavy atom. The fourth-order valence-electron chi connectivity index (χ4n) is 0. The SMILES string of the molecule is NN.[O]=[InH]. The van der Waals surface area contributed by atoms with Gasteiger partial charge in [0.2, 0.25) is 0 Å². The van der Waals surface area contributed by atoms with Crippen molar-refractivity contribution >= 4 is 24.4 Å². The molecule has 0 heterocycles. The van der Waals surface area contributed by atoms with E-state index in [0.29, 0.717) is 0 Å². The Labute approximate surface area is 39.3 Å². The summed E-state index contributed by atoms with van der Waals surface area (Å²) >= 11 is -0.1000. The first kappa shape index (κ1) is 8.82. The fraction of sp³-hybridized carbons (Fsp3) is 0. The van der Waals surface area contributed by atoms with E-state index in [-0.39, 0.29) is 24.4 Å². The molecule has 3 nitrogen and oxygen atoms in total. The molecule has 0 rings (SSSR count). The van der Waals surface area contributed by atoms with Crippen LogP contribution < -0.4 is 11.7 Å². The third kappa shape index (κ3) is 18.8. The molecule has 0 spiro atoms. The van der Waals surface area contributed by atoms with E-state index in [9.17, 15) is 0 Å². The maximum atomic E-state index is 8.42. The predicted molar refractivity (Wildman–Crippen MR) is 16.2 cm³/mol. The van der Waals surface area contributed by atoms with Gasteiger partial charge in [-0.2, -0.15) is 0 Å². The first-order valence-electron chi connectivity index (χ1n) is 0.622. The van der Waals surface area contributed by atoms with Crippen LogP contribution in [0.1, 0.15) is 0 Å². The summed E-state index contributed by atoms with van der Waals surface area (Å²) in [4.78, 5) is 0. The number of hydrazine groups is 1. The van der Waals surface area contributed by atoms with Gasteiger partial charge < -0.3 is 0 Å². The summed E-state index contributed by atoms with van der Waals surface area (Å²) < 4.78 is 8.42. The second-order valence-electron chi connectivity index (χ2n) is 0. The molecule has 0 saturated carbocycles. The Morgan fingerprint density at radius 3 is 1.25 bits per heavy atom. The zero-order chi connectivity index (χ0) is 4.00. The predicted octanol–water partition coefficient (Wildman–Crippen LogP) is -1.95. The van der Waals surface area contributed by atoms with Crippen LogP contribution in [0.2, 0.25) is 0 Å². The molecule has 4 heavy (non-hydrogen) atoms. The number of hydrogen-bond donors (Lipinski definition) is 2. The zero-order valence-electron chi connectivity index (χ0n) is 2.27. The van der Waals surface area contributed by atoms with Gasteiger partial charge >= 0.3 is 27.2 Å². The summed E-state index contributed by atoms with van der Waals surface area (Å²) in [6.07, 6.45) is 0. The maximum absolute atomic E-state index is 8.42. The summed E-state index contributed by atoms with van der Waals surface area (Å²) in [6, 6.07) is 0. The number of hydrogen-bond acceptors (Lipinski definition) is 3. The van der Waals surface area contributed by atoms with E-state index in [1.54, 1.807) is 0 Å². The molecule has 0 aliphatic carbocycles. The molecule has 0 unspecified atom stereocenters. The molecule has 0 radical (unpaired) electrons. The quantitative estimate of drug-likeness (QED) is 0.323. The molecule has 4 heteroatoms. The third-order valence-corrected chi connectivity index (χ3v) is 0. The molecule has 0 aromatic heterocycles. The van der Waals surface area contributed by atoms with Crippen molar-refractivity contribution in [2.45, 2.75) is 0 Å². The van der Waals surface area contributed by atoms with Gasteiger partial charge in [-0.3, -0.25) is 11.7 Å². The van der Waals surface area contributed by atoms with Gasteiger partial charge in [-0.15, -0.1) is 0 Å². The van der Waals surface area contributed by atoms with Crippen molar-refractivity contribution in [1.29, 1.82) is 0 Å². The zero-order valence-corrected chi connectivity index (χ0v) is 6.31. The molecule has 0 aliphatic heterocycles. The Kier molecular flexibility index (Phi) is 152. The first-order chi connectivity index (χ1) is 2.00. The van der Waals surface area contributed by atoms with E-state index >= 15 is 0 Å². The summed E-state index contributed by atoms with van der Waals surface area (Å²) in [6.45, 7) is 0. The van der Waals surface area contributed by atoms with Crippen molar-refractivity contribution in [2.24, 2.45) is 11.7 Å². The standard InChI is InChI=1S/In.H4N2.O.H/c;1-2;;/h;1-2H2;;. The van der Waals surface area contributed by atoms with Crippen molar-refractivity contribution in [3.05, 3.63) is 0 Å². The second-order valence-corrected chi connectivity index (χ2v) is 0. The van der Waals surface area contributed by atoms with E-state index < -0.39 is 0 Å². The Balaban J connectivity index is 0. The van der Waals surface area contributed by atoms with E-state index in [2.05, 4.69) is 11.7 Å². The van der Waals surface area contributed by atoms with Crippen molar-refractivity contribution in [1.82, 2.24) is 0 Å². The molecule has 0 amide bonds. The van der Waals surface area contributed by atoms with Gasteiger partial charge in [0, 0.05) is 0 Å². The average Bonchev–Trinajstić information content (AvgIpc) is 1.50. The van der Waals surface area contributed by atoms with Gasteiger partial charge in [-0.25, -0.2) is 0 Å². The molecular weight excluding hydrogens is 159 g/mol. The van der Waals surface area contributed by atoms with Crippen LogP contribution in [0.5, 0.6) is 0 Å². The van der Waals surface area contributed by atoms with Crippen LogP contribution in [0, 0.1) is 0 Å². The molecule has 0 aromatic rings. The van der Waals surface area contributed by atoms with Gasteiger partial charge in [0.05, 0.1) is 0 Å². The molecule has 0 aromatic carbocycles. The monoisotopic (exact) mass is 164 g/mol. The second kappa shape index (κ2) is 69.2. The molecule has 0 atom stereocenters. The minimum absolute atomic E-state index is 0.1000. The molecule has 0 fully saturated rings. The van der Waals surface area contributed by atoms with Crippen LogP contribution in [0.4, 0.5) is 0 Å². The van der Waals surface area contributed by atoms with Crippen molar-refractivity contribution in [3.8, 4) is 0 Å². The van der Waals surface area contributed by atoms with E-state index in [1.165, 1.54) is 0 Å². The van der Waals surface area contributed by atoms with Crippen LogP contribution in [0.3, 0.4) is 0 Å². The number of nitrogens with two attached hydrogens (primary N) is 2. The Hall–Kier alpha value is 0.590. The van der Waals surface area contributed by atoms with E-state index in [0.717, 1.165) is 0 Å². The topological polar surface area (TPSA) is 69.1 Å². The molecule has 4 N–H and O–H groups in total. The van der Waals surface area contributed by atoms with Gasteiger partial charge in [0.1, 0.15) is 0 Å². The van der Waals surface area contributed by atoms with E-state index in [4.69, 9.17) is 2.85 Å². The van der Waals surface area contributed by atoms with Gasteiger partial charge in [0.15, 0.2) is 0 Å². The van der Waals surface area contributed by atoms with E-state index in [1.807, 2.05) is 0 Å². The molecule has 0 saturated heterocycles. The summed E-state index contributed by atoms with van der Waals surface area (Å²) in [5, 5.41) is 0. The summed E-state index contributed by atoms with van der Waals surface area (Å²) in [5.74, 6) is 8.00. The van der Waals surface area contributed by atoms with Gasteiger partial charge in [0.25, 0.3) is 0 Å². The van der Waals surface area contributed by atoms with Gasteiger partial charge in [-0.1, -0.05) is 0 Å². The van der Waals surface area contributed by atoms with Crippen molar-refractivity contribution in [3.63, 3.8) is 0 Å². The number of rotatable bonds is 0. The first-order valence-corrected chi connectivity index (χ1v) is 2.27. The molecule has 24 valence electrons. The van der Waals surface area contributed by atoms with Crippen LogP contribution in [0.25, 0.3) is 0 Å². The van der Waals surface area contributed by atoms with Crippen LogP contribution in [0.15, 0.2) is 0 Å². The van der Waals surface area contributed by atoms with Crippen molar-refractivity contribution in [2.75, 3.05) is 0 Å². The Morgan fingerprint density at radius 1 is 1.25 bits per heavy atom. The average molecular weight is 164 g/mol. The molecular formula is H5InN2O.